The Hall–Kier alpha value is -1.81. The molecule has 6 nitrogen and oxygen atoms in total. The molecular formula is C4H3N5O. The molecule has 1 aliphatic heterocycles. The first-order valence-corrected chi connectivity index (χ1v) is 2.38. The molecule has 0 fully saturated rings. The maximum atomic E-state index is 10.4. The van der Waals surface area contributed by atoms with E-state index in [1.165, 1.54) is 0 Å². The van der Waals surface area contributed by atoms with Crippen molar-refractivity contribution in [3.63, 3.8) is 0 Å². The van der Waals surface area contributed by atoms with Crippen molar-refractivity contribution in [2.75, 3.05) is 0 Å². The van der Waals surface area contributed by atoms with E-state index in [0.717, 1.165) is 6.34 Å². The number of nitrogens with zero attached hydrogens (tertiary/aromatic N) is 4. The zero-order valence-corrected chi connectivity index (χ0v) is 4.85. The Kier molecular flexibility index (Phi) is 1.39. The molecule has 0 bridgehead atoms. The van der Waals surface area contributed by atoms with Gasteiger partial charge in [0.2, 0.25) is 12.1 Å². The Morgan fingerprint density at radius 2 is 2.50 bits per heavy atom. The lowest BCUT2D eigenvalue weighted by atomic mass is 10.3. The SMILES string of the molecule is NC(=O)C1=NC=NC1=[N+]=[15N-]. The smallest absolute Gasteiger partial charge is 0.434 e. The monoisotopic (exact) mass is 138 g/mol. The van der Waals surface area contributed by atoms with Gasteiger partial charge in [0.1, 0.15) is 0 Å². The van der Waals surface area contributed by atoms with Crippen molar-refractivity contribution in [1.82, 2.24) is 0 Å². The van der Waals surface area contributed by atoms with Crippen molar-refractivity contribution in [2.24, 2.45) is 15.7 Å². The average molecular weight is 138 g/mol. The van der Waals surface area contributed by atoms with Crippen molar-refractivity contribution in [1.29, 1.82) is 0 Å². The Balaban J connectivity index is 3.04. The molecule has 0 saturated heterocycles. The minimum absolute atomic E-state index is 0.123. The Morgan fingerprint density at radius 1 is 1.80 bits per heavy atom. The highest BCUT2D eigenvalue weighted by Gasteiger charge is 2.26. The Morgan fingerprint density at radius 3 is 2.90 bits per heavy atom. The molecule has 0 aromatic heterocycles. The third-order valence-corrected chi connectivity index (χ3v) is 0.907. The van der Waals surface area contributed by atoms with Gasteiger partial charge >= 0.3 is 5.84 Å². The molecular weight excluding hydrogens is 135 g/mol. The van der Waals surface area contributed by atoms with Gasteiger partial charge < -0.3 is 16.1 Å². The number of nitrogens with two attached hydrogens (primary N) is 1. The lowest BCUT2D eigenvalue weighted by molar-refractivity contribution is -0.111. The van der Waals surface area contributed by atoms with Crippen molar-refractivity contribution in [2.45, 2.75) is 0 Å². The van der Waals surface area contributed by atoms with Crippen LogP contribution in [-0.2, 0) is 4.79 Å². The predicted octanol–water partition coefficient (Wildman–Crippen LogP) is -1.42. The van der Waals surface area contributed by atoms with Crippen LogP contribution in [-0.4, -0.2) is 28.6 Å². The minimum atomic E-state index is -0.759. The zero-order valence-electron chi connectivity index (χ0n) is 4.85. The number of hydrogen-bond acceptors (Lipinski definition) is 2. The number of rotatable bonds is 1. The van der Waals surface area contributed by atoms with E-state index in [9.17, 15) is 4.79 Å². The lowest BCUT2D eigenvalue weighted by Gasteiger charge is -1.81. The van der Waals surface area contributed by atoms with E-state index in [4.69, 9.17) is 11.3 Å². The summed E-state index contributed by atoms with van der Waals surface area (Å²) >= 11 is 0. The Bertz CT molecular complexity index is 282. The molecule has 0 radical (unpaired) electrons. The van der Waals surface area contributed by atoms with Gasteiger partial charge in [0, 0.05) is 0 Å². The van der Waals surface area contributed by atoms with Crippen LogP contribution in [0.3, 0.4) is 0 Å². The van der Waals surface area contributed by atoms with Gasteiger partial charge in [-0.25, -0.2) is 0 Å². The molecule has 10 heavy (non-hydrogen) atoms. The number of carbonyl (C=O) groups excluding carboxylic acids is 1. The standard InChI is InChI=1S/C4H3N5O/c5-3(10)2-4(9-6)8-1-7-2/h1H,(H2,5,10)/i6+1. The van der Waals surface area contributed by atoms with E-state index in [0.29, 0.717) is 0 Å². The molecule has 1 heterocycles. The summed E-state index contributed by atoms with van der Waals surface area (Å²) in [4.78, 5) is 19.9. The Labute approximate surface area is 55.7 Å². The fraction of sp³-hybridized carbons (Fsp3) is 0. The van der Waals surface area contributed by atoms with Crippen LogP contribution in [0.4, 0.5) is 0 Å². The third-order valence-electron chi connectivity index (χ3n) is 0.907. The first-order valence-electron chi connectivity index (χ1n) is 2.38. The van der Waals surface area contributed by atoms with Crippen molar-refractivity contribution < 1.29 is 9.58 Å². The van der Waals surface area contributed by atoms with E-state index in [2.05, 4.69) is 14.8 Å². The van der Waals surface area contributed by atoms with Gasteiger partial charge in [0.05, 0.1) is 0 Å². The lowest BCUT2D eigenvalue weighted by Crippen LogP contribution is -2.28. The fourth-order valence-electron chi connectivity index (χ4n) is 0.507. The molecule has 2 N–H and O–H groups in total. The molecule has 1 aliphatic rings. The van der Waals surface area contributed by atoms with Gasteiger partial charge in [0.15, 0.2) is 0 Å². The van der Waals surface area contributed by atoms with E-state index in [-0.39, 0.29) is 11.5 Å². The van der Waals surface area contributed by atoms with Crippen molar-refractivity contribution in [3.05, 3.63) is 5.53 Å². The summed E-state index contributed by atoms with van der Waals surface area (Å²) in [6.45, 7) is 0. The molecule has 0 saturated carbocycles. The molecule has 50 valence electrons. The first kappa shape index (κ1) is 6.31. The molecule has 0 aliphatic carbocycles. The third kappa shape index (κ3) is 0.828. The quantitative estimate of drug-likeness (QED) is 0.268. The van der Waals surface area contributed by atoms with E-state index in [1.807, 2.05) is 0 Å². The van der Waals surface area contributed by atoms with Crippen molar-refractivity contribution in [3.8, 4) is 0 Å². The summed E-state index contributed by atoms with van der Waals surface area (Å²) in [5.74, 6) is -0.905. The molecule has 1 amide bonds. The molecule has 0 unspecified atom stereocenters. The number of carbonyl (C=O) groups is 1. The first-order chi connectivity index (χ1) is 4.75. The summed E-state index contributed by atoms with van der Waals surface area (Å²) in [7, 11) is 0. The molecule has 6 heteroatoms. The number of amides is 1. The fourth-order valence-corrected chi connectivity index (χ4v) is 0.507. The summed E-state index contributed by atoms with van der Waals surface area (Å²) in [5.41, 5.74) is 12.9. The van der Waals surface area contributed by atoms with Gasteiger partial charge in [-0.2, -0.15) is 4.99 Å². The van der Waals surface area contributed by atoms with Crippen LogP contribution in [0.5, 0.6) is 0 Å². The maximum Gasteiger partial charge on any atom is 0.434 e. The average Bonchev–Trinajstić information content (AvgIpc) is 2.33. The highest BCUT2D eigenvalue weighted by molar-refractivity contribution is 6.67. The minimum Gasteiger partial charge on any atom is -0.497 e. The van der Waals surface area contributed by atoms with Crippen LogP contribution >= 0.6 is 0 Å². The molecule has 0 spiro atoms. The van der Waals surface area contributed by atoms with E-state index in [1.54, 1.807) is 0 Å². The van der Waals surface area contributed by atoms with Gasteiger partial charge in [-0.1, -0.05) is 0 Å². The predicted molar refractivity (Wildman–Crippen MR) is 33.7 cm³/mol. The number of amidine groups is 1. The van der Waals surface area contributed by atoms with Crippen LogP contribution in [0, 0.1) is 0 Å². The molecule has 1 rings (SSSR count). The van der Waals surface area contributed by atoms with E-state index >= 15 is 0 Å². The highest BCUT2D eigenvalue weighted by Crippen LogP contribution is 1.89. The zero-order chi connectivity index (χ0) is 7.56. The normalized spacial score (nSPS) is 14.8. The summed E-state index contributed by atoms with van der Waals surface area (Å²) in [5, 5.41) is 0. The number of aliphatic imine (C=N–C) groups is 2. The largest absolute Gasteiger partial charge is 0.497 e. The maximum absolute atomic E-state index is 10.4. The number of primary amides is 1. The summed E-state index contributed by atoms with van der Waals surface area (Å²) in [6, 6.07) is 0. The van der Waals surface area contributed by atoms with Crippen LogP contribution in [0.1, 0.15) is 0 Å². The topological polar surface area (TPSA) is 104 Å². The van der Waals surface area contributed by atoms with Gasteiger partial charge in [0.25, 0.3) is 5.91 Å². The molecule has 0 aromatic rings. The highest BCUT2D eigenvalue weighted by atomic mass is 16.1. The van der Waals surface area contributed by atoms with Crippen LogP contribution in [0.25, 0.3) is 5.53 Å². The second-order valence-corrected chi connectivity index (χ2v) is 1.51. The molecule has 0 atom stereocenters. The van der Waals surface area contributed by atoms with Gasteiger partial charge in [-0.3, -0.25) is 4.79 Å². The number of hydrogen-bond donors (Lipinski definition) is 1. The van der Waals surface area contributed by atoms with Crippen LogP contribution < -0.4 is 5.73 Å². The molecule has 0 aromatic carbocycles. The van der Waals surface area contributed by atoms with Crippen LogP contribution in [0.15, 0.2) is 9.98 Å². The van der Waals surface area contributed by atoms with Gasteiger partial charge in [-0.05, 0) is 4.99 Å². The van der Waals surface area contributed by atoms with Crippen LogP contribution in [0.2, 0.25) is 0 Å². The summed E-state index contributed by atoms with van der Waals surface area (Å²) < 4.78 is 0. The van der Waals surface area contributed by atoms with Crippen molar-refractivity contribution >= 4 is 23.8 Å². The summed E-state index contributed by atoms with van der Waals surface area (Å²) in [6.07, 6.45) is 1.09. The van der Waals surface area contributed by atoms with E-state index < -0.39 is 5.91 Å². The second kappa shape index (κ2) is 2.20. The second-order valence-electron chi connectivity index (χ2n) is 1.51. The van der Waals surface area contributed by atoms with Gasteiger partial charge in [-0.15, -0.1) is 0 Å².